The molecule has 1 N–H and O–H groups in total. The summed E-state index contributed by atoms with van der Waals surface area (Å²) in [6.45, 7) is 8.55. The van der Waals surface area contributed by atoms with Crippen LogP contribution in [-0.4, -0.2) is 33.4 Å². The van der Waals surface area contributed by atoms with Crippen LogP contribution in [0.2, 0.25) is 0 Å². The minimum absolute atomic E-state index is 0.0833. The van der Waals surface area contributed by atoms with Crippen LogP contribution in [0.25, 0.3) is 0 Å². The number of thioether (sulfide) groups is 1. The van der Waals surface area contributed by atoms with E-state index in [2.05, 4.69) is 33.0 Å². The monoisotopic (exact) mass is 332 g/mol. The highest BCUT2D eigenvalue weighted by atomic mass is 32.2. The highest BCUT2D eigenvalue weighted by Gasteiger charge is 2.52. The summed E-state index contributed by atoms with van der Waals surface area (Å²) in [7, 11) is 0. The molecule has 5 heteroatoms. The lowest BCUT2D eigenvalue weighted by Crippen LogP contribution is -2.48. The number of carbonyl (C=O) groups is 2. The maximum absolute atomic E-state index is 12.6. The Morgan fingerprint density at radius 1 is 1.30 bits per heavy atom. The van der Waals surface area contributed by atoms with Crippen molar-refractivity contribution in [2.75, 3.05) is 11.1 Å². The van der Waals surface area contributed by atoms with Gasteiger partial charge in [-0.3, -0.25) is 9.59 Å². The van der Waals surface area contributed by atoms with E-state index in [4.69, 9.17) is 0 Å². The molecule has 0 saturated carbocycles. The van der Waals surface area contributed by atoms with Crippen molar-refractivity contribution in [1.29, 1.82) is 0 Å². The normalized spacial score (nSPS) is 27.2. The molecule has 2 aliphatic rings. The van der Waals surface area contributed by atoms with Crippen molar-refractivity contribution in [2.45, 2.75) is 56.9 Å². The zero-order valence-electron chi connectivity index (χ0n) is 14.2. The molecule has 2 saturated heterocycles. The van der Waals surface area contributed by atoms with Gasteiger partial charge in [-0.25, -0.2) is 0 Å². The third kappa shape index (κ3) is 2.99. The molecular weight excluding hydrogens is 308 g/mol. The van der Waals surface area contributed by atoms with Crippen LogP contribution in [0.3, 0.4) is 0 Å². The summed E-state index contributed by atoms with van der Waals surface area (Å²) >= 11 is 1.72. The summed E-state index contributed by atoms with van der Waals surface area (Å²) in [4.78, 5) is 26.3. The van der Waals surface area contributed by atoms with E-state index < -0.39 is 0 Å². The first-order valence-corrected chi connectivity index (χ1v) is 9.07. The van der Waals surface area contributed by atoms with Crippen LogP contribution in [0.4, 0.5) is 5.69 Å². The molecule has 2 amide bonds. The average Bonchev–Trinajstić information content (AvgIpc) is 2.96. The number of fused-ring (bicyclic) bond motifs is 1. The number of amides is 2. The topological polar surface area (TPSA) is 49.4 Å². The number of hydrogen-bond donors (Lipinski definition) is 1. The van der Waals surface area contributed by atoms with Crippen LogP contribution in [-0.2, 0) is 15.0 Å². The van der Waals surface area contributed by atoms with Crippen molar-refractivity contribution < 1.29 is 9.59 Å². The van der Waals surface area contributed by atoms with Gasteiger partial charge >= 0.3 is 0 Å². The lowest BCUT2D eigenvalue weighted by molar-refractivity contribution is -0.135. The number of rotatable bonds is 2. The van der Waals surface area contributed by atoms with Gasteiger partial charge in [-0.1, -0.05) is 32.9 Å². The van der Waals surface area contributed by atoms with E-state index in [1.165, 1.54) is 5.56 Å². The quantitative estimate of drug-likeness (QED) is 0.903. The zero-order valence-corrected chi connectivity index (χ0v) is 15.0. The number of carbonyl (C=O) groups excluding carboxylic acids is 2. The molecule has 23 heavy (non-hydrogen) atoms. The number of benzene rings is 1. The Hall–Kier alpha value is -1.49. The first-order valence-electron chi connectivity index (χ1n) is 8.08. The van der Waals surface area contributed by atoms with Crippen molar-refractivity contribution >= 4 is 29.3 Å². The molecule has 0 aliphatic carbocycles. The molecule has 2 fully saturated rings. The van der Waals surface area contributed by atoms with Crippen molar-refractivity contribution in [1.82, 2.24) is 4.90 Å². The van der Waals surface area contributed by atoms with Crippen molar-refractivity contribution in [3.8, 4) is 0 Å². The zero-order chi connectivity index (χ0) is 16.8. The molecule has 2 heterocycles. The first-order chi connectivity index (χ1) is 10.7. The van der Waals surface area contributed by atoms with Gasteiger partial charge in [0.05, 0.1) is 4.87 Å². The number of nitrogens with zero attached hydrogens (tertiary/aromatic N) is 1. The largest absolute Gasteiger partial charge is 0.324 e. The third-order valence-electron chi connectivity index (χ3n) is 4.77. The summed E-state index contributed by atoms with van der Waals surface area (Å²) < 4.78 is 0. The minimum Gasteiger partial charge on any atom is -0.324 e. The fraction of sp³-hybridized carbons (Fsp3) is 0.556. The fourth-order valence-electron chi connectivity index (χ4n) is 3.29. The molecule has 2 atom stereocenters. The third-order valence-corrected chi connectivity index (χ3v) is 6.27. The molecule has 4 nitrogen and oxygen atoms in total. The van der Waals surface area contributed by atoms with Crippen molar-refractivity contribution in [3.05, 3.63) is 29.8 Å². The van der Waals surface area contributed by atoms with Gasteiger partial charge in [0, 0.05) is 17.9 Å². The fourth-order valence-corrected chi connectivity index (χ4v) is 4.73. The second-order valence-corrected chi connectivity index (χ2v) is 9.08. The first kappa shape index (κ1) is 16.4. The van der Waals surface area contributed by atoms with Crippen LogP contribution in [0.1, 0.15) is 46.1 Å². The molecule has 124 valence electrons. The molecule has 0 spiro atoms. The lowest BCUT2D eigenvalue weighted by Gasteiger charge is -2.29. The number of nitrogens with one attached hydrogen (secondary N) is 1. The molecule has 0 radical (unpaired) electrons. The summed E-state index contributed by atoms with van der Waals surface area (Å²) in [5, 5.41) is 2.97. The lowest BCUT2D eigenvalue weighted by atomic mass is 9.87. The van der Waals surface area contributed by atoms with Gasteiger partial charge in [-0.05, 0) is 36.5 Å². The molecule has 1 aromatic carbocycles. The Morgan fingerprint density at radius 3 is 2.57 bits per heavy atom. The summed E-state index contributed by atoms with van der Waals surface area (Å²) in [5.41, 5.74) is 2.11. The summed E-state index contributed by atoms with van der Waals surface area (Å²) in [6, 6.07) is 7.60. The molecule has 2 aliphatic heterocycles. The number of hydrogen-bond acceptors (Lipinski definition) is 3. The SMILES string of the molecule is CC(C)(C)c1ccc(NC(=O)[C@@H]2CS[C@]3(C)CCC(=O)N23)cc1. The summed E-state index contributed by atoms with van der Waals surface area (Å²) in [6.07, 6.45) is 1.38. The van der Waals surface area contributed by atoms with Crippen molar-refractivity contribution in [2.24, 2.45) is 0 Å². The standard InChI is InChI=1S/C18H24N2O2S/c1-17(2,3)12-5-7-13(8-6-12)19-16(22)14-11-23-18(4)10-9-15(21)20(14)18/h5-8,14H,9-11H2,1-4H3,(H,19,22)/t14-,18+/m0/s1. The predicted octanol–water partition coefficient (Wildman–Crippen LogP) is 3.38. The molecule has 1 aromatic rings. The van der Waals surface area contributed by atoms with Crippen LogP contribution in [0, 0.1) is 0 Å². The van der Waals surface area contributed by atoms with E-state index in [0.717, 1.165) is 12.1 Å². The maximum Gasteiger partial charge on any atom is 0.248 e. The van der Waals surface area contributed by atoms with Gasteiger partial charge in [-0.2, -0.15) is 0 Å². The maximum atomic E-state index is 12.6. The van der Waals surface area contributed by atoms with Gasteiger partial charge in [0.25, 0.3) is 0 Å². The second kappa shape index (κ2) is 5.55. The van der Waals surface area contributed by atoms with Crippen LogP contribution in [0.5, 0.6) is 0 Å². The van der Waals surface area contributed by atoms with Gasteiger partial charge in [0.15, 0.2) is 0 Å². The average molecular weight is 332 g/mol. The van der Waals surface area contributed by atoms with Crippen molar-refractivity contribution in [3.63, 3.8) is 0 Å². The Labute approximate surface area is 142 Å². The Bertz CT molecular complexity index is 635. The smallest absolute Gasteiger partial charge is 0.248 e. The highest BCUT2D eigenvalue weighted by Crippen LogP contribution is 2.47. The van der Waals surface area contributed by atoms with E-state index in [9.17, 15) is 9.59 Å². The minimum atomic E-state index is -0.359. The van der Waals surface area contributed by atoms with Crippen LogP contribution in [0.15, 0.2) is 24.3 Å². The van der Waals surface area contributed by atoms with E-state index in [1.807, 2.05) is 24.3 Å². The van der Waals surface area contributed by atoms with Gasteiger partial charge in [0.2, 0.25) is 11.8 Å². The Morgan fingerprint density at radius 2 is 1.96 bits per heavy atom. The van der Waals surface area contributed by atoms with Crippen LogP contribution >= 0.6 is 11.8 Å². The number of anilines is 1. The van der Waals surface area contributed by atoms with Gasteiger partial charge in [-0.15, -0.1) is 11.8 Å². The molecule has 0 aromatic heterocycles. The molecule has 3 rings (SSSR count). The Balaban J connectivity index is 1.71. The Kier molecular flexibility index (Phi) is 3.95. The molecule has 0 unspecified atom stereocenters. The van der Waals surface area contributed by atoms with E-state index >= 15 is 0 Å². The van der Waals surface area contributed by atoms with Crippen LogP contribution < -0.4 is 5.32 Å². The van der Waals surface area contributed by atoms with Gasteiger partial charge < -0.3 is 10.2 Å². The van der Waals surface area contributed by atoms with Gasteiger partial charge in [0.1, 0.15) is 6.04 Å². The summed E-state index contributed by atoms with van der Waals surface area (Å²) in [5.74, 6) is 0.689. The van der Waals surface area contributed by atoms with E-state index in [1.54, 1.807) is 16.7 Å². The second-order valence-electron chi connectivity index (χ2n) is 7.58. The molecule has 0 bridgehead atoms. The van der Waals surface area contributed by atoms with E-state index in [0.29, 0.717) is 12.2 Å². The van der Waals surface area contributed by atoms with E-state index in [-0.39, 0.29) is 28.1 Å². The predicted molar refractivity (Wildman–Crippen MR) is 94.5 cm³/mol. The molecular formula is C18H24N2O2S. The highest BCUT2D eigenvalue weighted by molar-refractivity contribution is 8.01.